The van der Waals surface area contributed by atoms with Gasteiger partial charge in [-0.25, -0.2) is 0 Å². The number of pyridine rings is 1. The van der Waals surface area contributed by atoms with Crippen LogP contribution in [0.25, 0.3) is 10.9 Å². The number of halogens is 1. The quantitative estimate of drug-likeness (QED) is 0.795. The van der Waals surface area contributed by atoms with E-state index in [1.807, 2.05) is 23.1 Å². The van der Waals surface area contributed by atoms with E-state index in [1.54, 1.807) is 11.8 Å². The predicted molar refractivity (Wildman–Crippen MR) is 123 cm³/mol. The number of hydrogen-bond donors (Lipinski definition) is 1. The van der Waals surface area contributed by atoms with Crippen molar-refractivity contribution >= 4 is 41.0 Å². The number of rotatable bonds is 4. The first-order valence-corrected chi connectivity index (χ1v) is 11.1. The van der Waals surface area contributed by atoms with Crippen molar-refractivity contribution in [3.63, 3.8) is 0 Å². The van der Waals surface area contributed by atoms with Gasteiger partial charge in [-0.1, -0.05) is 0 Å². The van der Waals surface area contributed by atoms with Crippen LogP contribution in [0.3, 0.4) is 0 Å². The van der Waals surface area contributed by atoms with E-state index >= 15 is 0 Å². The van der Waals surface area contributed by atoms with Crippen molar-refractivity contribution in [1.82, 2.24) is 19.7 Å². The monoisotopic (exact) mass is 436 g/mol. The van der Waals surface area contributed by atoms with E-state index in [-0.39, 0.29) is 23.9 Å². The second kappa shape index (κ2) is 9.51. The zero-order chi connectivity index (χ0) is 19.7. The molecular formula is C21H29ClN4O2S. The maximum absolute atomic E-state index is 13.1. The number of aryl methyl sites for hydroxylation is 1. The summed E-state index contributed by atoms with van der Waals surface area (Å²) >= 11 is 1.80. The number of carbonyl (C=O) groups excluding carboxylic acids is 1. The lowest BCUT2D eigenvalue weighted by molar-refractivity contribution is 0.0630. The van der Waals surface area contributed by atoms with Gasteiger partial charge in [0.25, 0.3) is 11.5 Å². The summed E-state index contributed by atoms with van der Waals surface area (Å²) in [6.07, 6.45) is 0.891. The number of amides is 1. The maximum atomic E-state index is 13.1. The summed E-state index contributed by atoms with van der Waals surface area (Å²) in [5.41, 5.74) is 3.58. The molecule has 0 atom stereocenters. The highest BCUT2D eigenvalue weighted by molar-refractivity contribution is 7.98. The van der Waals surface area contributed by atoms with Crippen LogP contribution in [-0.4, -0.2) is 84.7 Å². The zero-order valence-electron chi connectivity index (χ0n) is 17.1. The van der Waals surface area contributed by atoms with Crippen molar-refractivity contribution in [1.29, 1.82) is 0 Å². The number of piperazine rings is 1. The molecule has 1 fully saturated rings. The molecule has 0 spiro atoms. The number of fused-ring (bicyclic) bond motifs is 3. The Bertz CT molecular complexity index is 938. The number of carbonyl (C=O) groups is 1. The van der Waals surface area contributed by atoms with Crippen LogP contribution >= 0.6 is 24.2 Å². The molecule has 1 aromatic heterocycles. The van der Waals surface area contributed by atoms with Gasteiger partial charge in [-0.15, -0.1) is 12.4 Å². The number of hydrogen-bond acceptors (Lipinski definition) is 5. The average molecular weight is 437 g/mol. The Hall–Kier alpha value is -1.54. The van der Waals surface area contributed by atoms with E-state index in [9.17, 15) is 9.59 Å². The highest BCUT2D eigenvalue weighted by Crippen LogP contribution is 2.28. The molecule has 8 heteroatoms. The number of aromatic nitrogens is 1. The molecule has 0 radical (unpaired) electrons. The number of thioether (sulfide) groups is 1. The molecule has 1 aromatic carbocycles. The highest BCUT2D eigenvalue weighted by atomic mass is 35.5. The summed E-state index contributed by atoms with van der Waals surface area (Å²) in [4.78, 5) is 35.0. The van der Waals surface area contributed by atoms with Crippen molar-refractivity contribution in [2.24, 2.45) is 0 Å². The molecular weight excluding hydrogens is 408 g/mol. The van der Waals surface area contributed by atoms with Gasteiger partial charge >= 0.3 is 0 Å². The fraction of sp³-hybridized carbons (Fsp3) is 0.524. The van der Waals surface area contributed by atoms with Crippen LogP contribution in [0.4, 0.5) is 0 Å². The molecule has 1 N–H and O–H groups in total. The first kappa shape index (κ1) is 22.2. The summed E-state index contributed by atoms with van der Waals surface area (Å²) in [6, 6.07) is 5.73. The van der Waals surface area contributed by atoms with Gasteiger partial charge in [0.1, 0.15) is 0 Å². The topological polar surface area (TPSA) is 59.6 Å². The second-order valence-electron chi connectivity index (χ2n) is 7.91. The molecule has 6 nitrogen and oxygen atoms in total. The first-order valence-electron chi connectivity index (χ1n) is 9.95. The minimum Gasteiger partial charge on any atom is -0.336 e. The molecule has 0 unspecified atom stereocenters. The lowest BCUT2D eigenvalue weighted by Gasteiger charge is -2.35. The predicted octanol–water partition coefficient (Wildman–Crippen LogP) is 2.06. The Morgan fingerprint density at radius 3 is 2.66 bits per heavy atom. The molecule has 2 aliphatic rings. The molecule has 0 saturated carbocycles. The van der Waals surface area contributed by atoms with Crippen LogP contribution < -0.4 is 5.56 Å². The summed E-state index contributed by atoms with van der Waals surface area (Å²) in [7, 11) is 4.17. The standard InChI is InChI=1S/C21H28N4O2S.ClH/c1-23(2)6-7-24-8-10-25(11-9-24)21(27)15-3-4-19-17(13-15)16-5-12-28-14-18(16)20(26)22-19;/h3-4,13H,5-12,14H2,1-2H3,(H,22,26);1H. The van der Waals surface area contributed by atoms with Gasteiger partial charge in [0.05, 0.1) is 0 Å². The van der Waals surface area contributed by atoms with Crippen molar-refractivity contribution in [3.05, 3.63) is 45.2 Å². The van der Waals surface area contributed by atoms with Crippen molar-refractivity contribution < 1.29 is 4.79 Å². The minimum atomic E-state index is 0. The molecule has 0 bridgehead atoms. The Morgan fingerprint density at radius 1 is 1.17 bits per heavy atom. The van der Waals surface area contributed by atoms with Gasteiger partial charge in [0.2, 0.25) is 0 Å². The number of H-pyrrole nitrogens is 1. The SMILES string of the molecule is CN(C)CCN1CCN(C(=O)c2ccc3[nH]c(=O)c4c(c3c2)CCSC4)CC1.Cl. The summed E-state index contributed by atoms with van der Waals surface area (Å²) in [6.45, 7) is 5.47. The van der Waals surface area contributed by atoms with E-state index in [0.717, 1.165) is 84.8 Å². The normalized spacial score (nSPS) is 17.3. The fourth-order valence-electron chi connectivity index (χ4n) is 4.02. The van der Waals surface area contributed by atoms with E-state index in [0.29, 0.717) is 0 Å². The zero-order valence-corrected chi connectivity index (χ0v) is 18.7. The van der Waals surface area contributed by atoms with Crippen LogP contribution in [0.15, 0.2) is 23.0 Å². The molecule has 29 heavy (non-hydrogen) atoms. The van der Waals surface area contributed by atoms with Gasteiger partial charge in [-0.2, -0.15) is 11.8 Å². The molecule has 1 saturated heterocycles. The largest absolute Gasteiger partial charge is 0.336 e. The number of benzene rings is 1. The number of likely N-dealkylation sites (N-methyl/N-ethyl adjacent to an activating group) is 1. The van der Waals surface area contributed by atoms with Gasteiger partial charge in [-0.05, 0) is 50.0 Å². The average Bonchev–Trinajstić information content (AvgIpc) is 2.72. The van der Waals surface area contributed by atoms with Crippen molar-refractivity contribution in [2.75, 3.05) is 59.1 Å². The van der Waals surface area contributed by atoms with Crippen LogP contribution in [0.1, 0.15) is 21.5 Å². The molecule has 2 aliphatic heterocycles. The van der Waals surface area contributed by atoms with Gasteiger partial charge in [0, 0.05) is 67.1 Å². The van der Waals surface area contributed by atoms with Gasteiger partial charge < -0.3 is 14.8 Å². The third-order valence-corrected chi connectivity index (χ3v) is 6.73. The number of nitrogens with one attached hydrogen (secondary N) is 1. The Balaban J connectivity index is 0.00000240. The van der Waals surface area contributed by atoms with Crippen molar-refractivity contribution in [2.45, 2.75) is 12.2 Å². The molecule has 0 aliphatic carbocycles. The summed E-state index contributed by atoms with van der Waals surface area (Å²) in [5, 5.41) is 1.03. The first-order chi connectivity index (χ1) is 13.5. The fourth-order valence-corrected chi connectivity index (χ4v) is 5.02. The van der Waals surface area contributed by atoms with E-state index in [4.69, 9.17) is 0 Å². The molecule has 4 rings (SSSR count). The van der Waals surface area contributed by atoms with E-state index in [1.165, 1.54) is 0 Å². The minimum absolute atomic E-state index is 0. The lowest BCUT2D eigenvalue weighted by atomic mass is 9.99. The molecule has 3 heterocycles. The summed E-state index contributed by atoms with van der Waals surface area (Å²) < 4.78 is 0. The van der Waals surface area contributed by atoms with Crippen LogP contribution in [0.5, 0.6) is 0 Å². The molecule has 2 aromatic rings. The number of aromatic amines is 1. The third kappa shape index (κ3) is 4.79. The molecule has 1 amide bonds. The third-order valence-electron chi connectivity index (χ3n) is 5.74. The molecule has 158 valence electrons. The van der Waals surface area contributed by atoms with Gasteiger partial charge in [-0.3, -0.25) is 14.5 Å². The van der Waals surface area contributed by atoms with Crippen LogP contribution in [0, 0.1) is 0 Å². The lowest BCUT2D eigenvalue weighted by Crippen LogP contribution is -2.49. The van der Waals surface area contributed by atoms with Crippen LogP contribution in [0.2, 0.25) is 0 Å². The Kier molecular flexibility index (Phi) is 7.27. The number of nitrogens with zero attached hydrogens (tertiary/aromatic N) is 3. The van der Waals surface area contributed by atoms with E-state index in [2.05, 4.69) is 28.9 Å². The Morgan fingerprint density at radius 2 is 1.93 bits per heavy atom. The van der Waals surface area contributed by atoms with Crippen LogP contribution in [-0.2, 0) is 12.2 Å². The Labute approximate surface area is 182 Å². The van der Waals surface area contributed by atoms with Gasteiger partial charge in [0.15, 0.2) is 0 Å². The summed E-state index contributed by atoms with van der Waals surface area (Å²) in [5.74, 6) is 1.88. The second-order valence-corrected chi connectivity index (χ2v) is 9.02. The van der Waals surface area contributed by atoms with E-state index < -0.39 is 0 Å². The maximum Gasteiger partial charge on any atom is 0.253 e. The van der Waals surface area contributed by atoms with Crippen molar-refractivity contribution in [3.8, 4) is 0 Å². The highest BCUT2D eigenvalue weighted by Gasteiger charge is 2.23. The smallest absolute Gasteiger partial charge is 0.253 e.